The molecular formula is C26H21ClN2O5. The number of imide groups is 1. The second-order valence-electron chi connectivity index (χ2n) is 7.84. The van der Waals surface area contributed by atoms with Crippen LogP contribution < -0.4 is 5.32 Å². The van der Waals surface area contributed by atoms with Crippen LogP contribution in [-0.4, -0.2) is 41.7 Å². The molecule has 0 fully saturated rings. The van der Waals surface area contributed by atoms with E-state index in [-0.39, 0.29) is 23.2 Å². The maximum Gasteiger partial charge on any atom is 0.338 e. The topological polar surface area (TPSA) is 92.8 Å². The lowest BCUT2D eigenvalue weighted by molar-refractivity contribution is -0.119. The van der Waals surface area contributed by atoms with Gasteiger partial charge in [-0.3, -0.25) is 19.3 Å². The summed E-state index contributed by atoms with van der Waals surface area (Å²) in [6, 6.07) is 18.7. The first kappa shape index (κ1) is 23.2. The molecule has 0 aromatic heterocycles. The van der Waals surface area contributed by atoms with Crippen LogP contribution in [0, 0.1) is 6.92 Å². The first-order valence-electron chi connectivity index (χ1n) is 10.6. The van der Waals surface area contributed by atoms with Crippen LogP contribution in [0.15, 0.2) is 66.7 Å². The van der Waals surface area contributed by atoms with Gasteiger partial charge in [0.1, 0.15) is 0 Å². The summed E-state index contributed by atoms with van der Waals surface area (Å²) in [5.74, 6) is -2.14. The van der Waals surface area contributed by atoms with Gasteiger partial charge in [-0.2, -0.15) is 0 Å². The second-order valence-corrected chi connectivity index (χ2v) is 8.28. The van der Waals surface area contributed by atoms with Gasteiger partial charge in [0.25, 0.3) is 17.7 Å². The lowest BCUT2D eigenvalue weighted by atomic mass is 10.1. The zero-order valence-corrected chi connectivity index (χ0v) is 19.1. The number of amides is 3. The van der Waals surface area contributed by atoms with Crippen molar-refractivity contribution >= 4 is 41.0 Å². The van der Waals surface area contributed by atoms with E-state index < -0.39 is 30.3 Å². The summed E-state index contributed by atoms with van der Waals surface area (Å²) >= 11 is 5.91. The maximum absolute atomic E-state index is 12.8. The predicted molar refractivity (Wildman–Crippen MR) is 127 cm³/mol. The van der Waals surface area contributed by atoms with Gasteiger partial charge in [0.2, 0.25) is 0 Å². The maximum atomic E-state index is 12.8. The summed E-state index contributed by atoms with van der Waals surface area (Å²) in [7, 11) is 0. The van der Waals surface area contributed by atoms with Crippen molar-refractivity contribution in [1.82, 2.24) is 4.90 Å². The largest absolute Gasteiger partial charge is 0.452 e. The highest BCUT2D eigenvalue weighted by Crippen LogP contribution is 2.25. The molecule has 1 aliphatic rings. The molecule has 0 unspecified atom stereocenters. The molecule has 3 aromatic rings. The van der Waals surface area contributed by atoms with Gasteiger partial charge < -0.3 is 10.1 Å². The van der Waals surface area contributed by atoms with Crippen LogP contribution in [0.3, 0.4) is 0 Å². The Morgan fingerprint density at radius 3 is 2.41 bits per heavy atom. The van der Waals surface area contributed by atoms with Crippen molar-refractivity contribution in [2.45, 2.75) is 13.3 Å². The van der Waals surface area contributed by atoms with E-state index in [1.165, 1.54) is 23.1 Å². The molecule has 1 N–H and O–H groups in total. The van der Waals surface area contributed by atoms with Crippen molar-refractivity contribution in [2.24, 2.45) is 0 Å². The third-order valence-electron chi connectivity index (χ3n) is 5.47. The molecule has 0 spiro atoms. The molecule has 7 nitrogen and oxygen atoms in total. The normalized spacial score (nSPS) is 12.5. The summed E-state index contributed by atoms with van der Waals surface area (Å²) < 4.78 is 5.09. The number of carbonyl (C=O) groups excluding carboxylic acids is 4. The number of hydrogen-bond donors (Lipinski definition) is 1. The highest BCUT2D eigenvalue weighted by atomic mass is 35.5. The Labute approximate surface area is 201 Å². The quantitative estimate of drug-likeness (QED) is 0.406. The van der Waals surface area contributed by atoms with Crippen molar-refractivity contribution in [1.29, 1.82) is 0 Å². The fraction of sp³-hybridized carbons (Fsp3) is 0.154. The minimum atomic E-state index is -0.770. The molecule has 1 aliphatic heterocycles. The molecule has 3 aromatic carbocycles. The van der Waals surface area contributed by atoms with E-state index in [9.17, 15) is 19.2 Å². The molecular weight excluding hydrogens is 456 g/mol. The van der Waals surface area contributed by atoms with Crippen LogP contribution in [0.4, 0.5) is 5.69 Å². The molecule has 8 heteroatoms. The Balaban J connectivity index is 1.37. The fourth-order valence-corrected chi connectivity index (χ4v) is 3.90. The summed E-state index contributed by atoms with van der Waals surface area (Å²) in [5.41, 5.74) is 2.81. The van der Waals surface area contributed by atoms with Gasteiger partial charge in [0, 0.05) is 17.3 Å². The van der Waals surface area contributed by atoms with Crippen LogP contribution in [0.2, 0.25) is 5.02 Å². The lowest BCUT2D eigenvalue weighted by Gasteiger charge is -2.13. The van der Waals surface area contributed by atoms with E-state index in [1.807, 2.05) is 30.3 Å². The van der Waals surface area contributed by atoms with E-state index in [4.69, 9.17) is 16.3 Å². The third kappa shape index (κ3) is 5.00. The number of halogens is 1. The smallest absolute Gasteiger partial charge is 0.338 e. The SMILES string of the molecule is Cc1cc(Cl)ccc1NC(=O)COC(=O)c1ccc2c(c1)C(=O)N(CCc1ccccc1)C2=O. The standard InChI is InChI=1S/C26H21ClN2O5/c1-16-13-19(27)8-10-22(16)28-23(30)15-34-26(33)18-7-9-20-21(14-18)25(32)29(24(20)31)12-11-17-5-3-2-4-6-17/h2-10,13-14H,11-12,15H2,1H3,(H,28,30). The van der Waals surface area contributed by atoms with Gasteiger partial charge in [-0.25, -0.2) is 4.79 Å². The summed E-state index contributed by atoms with van der Waals surface area (Å²) in [5, 5.41) is 3.20. The minimum Gasteiger partial charge on any atom is -0.452 e. The minimum absolute atomic E-state index is 0.0836. The van der Waals surface area contributed by atoms with Crippen molar-refractivity contribution in [2.75, 3.05) is 18.5 Å². The average Bonchev–Trinajstić information content (AvgIpc) is 3.07. The van der Waals surface area contributed by atoms with Crippen LogP contribution in [0.1, 0.15) is 42.2 Å². The molecule has 0 saturated carbocycles. The Kier molecular flexibility index (Phi) is 6.75. The van der Waals surface area contributed by atoms with Gasteiger partial charge in [0.15, 0.2) is 6.61 Å². The fourth-order valence-electron chi connectivity index (χ4n) is 3.67. The lowest BCUT2D eigenvalue weighted by Crippen LogP contribution is -2.31. The van der Waals surface area contributed by atoms with Crippen LogP contribution in [0.5, 0.6) is 0 Å². The zero-order chi connectivity index (χ0) is 24.2. The number of fused-ring (bicyclic) bond motifs is 1. The number of benzene rings is 3. The highest BCUT2D eigenvalue weighted by molar-refractivity contribution is 6.30. The van der Waals surface area contributed by atoms with E-state index >= 15 is 0 Å². The molecule has 0 saturated heterocycles. The van der Waals surface area contributed by atoms with Gasteiger partial charge in [-0.05, 0) is 60.9 Å². The molecule has 3 amide bonds. The first-order valence-corrected chi connectivity index (χ1v) is 11.0. The van der Waals surface area contributed by atoms with Gasteiger partial charge in [-0.1, -0.05) is 41.9 Å². The molecule has 0 aliphatic carbocycles. The molecule has 0 bridgehead atoms. The van der Waals surface area contributed by atoms with E-state index in [0.717, 1.165) is 11.1 Å². The number of ether oxygens (including phenoxy) is 1. The summed E-state index contributed by atoms with van der Waals surface area (Å²) in [6.07, 6.45) is 0.531. The van der Waals surface area contributed by atoms with E-state index in [2.05, 4.69) is 5.32 Å². The predicted octanol–water partition coefficient (Wildman–Crippen LogP) is 4.28. The molecule has 172 valence electrons. The number of nitrogens with zero attached hydrogens (tertiary/aromatic N) is 1. The highest BCUT2D eigenvalue weighted by Gasteiger charge is 2.35. The average molecular weight is 477 g/mol. The Bertz CT molecular complexity index is 1290. The summed E-state index contributed by atoms with van der Waals surface area (Å²) in [6.45, 7) is 1.52. The molecule has 34 heavy (non-hydrogen) atoms. The van der Waals surface area contributed by atoms with Gasteiger partial charge in [-0.15, -0.1) is 0 Å². The molecule has 0 radical (unpaired) electrons. The number of nitrogens with one attached hydrogen (secondary N) is 1. The molecule has 1 heterocycles. The molecule has 4 rings (SSSR count). The first-order chi connectivity index (χ1) is 16.3. The second kappa shape index (κ2) is 9.89. The van der Waals surface area contributed by atoms with Gasteiger partial charge >= 0.3 is 5.97 Å². The van der Waals surface area contributed by atoms with Crippen molar-refractivity contribution in [3.63, 3.8) is 0 Å². The van der Waals surface area contributed by atoms with Crippen molar-refractivity contribution < 1.29 is 23.9 Å². The van der Waals surface area contributed by atoms with Gasteiger partial charge in [0.05, 0.1) is 16.7 Å². The number of esters is 1. The van der Waals surface area contributed by atoms with Crippen LogP contribution in [-0.2, 0) is 16.0 Å². The molecule has 0 atom stereocenters. The Morgan fingerprint density at radius 1 is 0.941 bits per heavy atom. The third-order valence-corrected chi connectivity index (χ3v) is 5.71. The number of anilines is 1. The van der Waals surface area contributed by atoms with Crippen LogP contribution in [0.25, 0.3) is 0 Å². The number of hydrogen-bond acceptors (Lipinski definition) is 5. The monoisotopic (exact) mass is 476 g/mol. The van der Waals surface area contributed by atoms with Crippen molar-refractivity contribution in [3.05, 3.63) is 99.6 Å². The number of rotatable bonds is 7. The summed E-state index contributed by atoms with van der Waals surface area (Å²) in [4.78, 5) is 51.3. The van der Waals surface area contributed by atoms with E-state index in [1.54, 1.807) is 25.1 Å². The Hall–Kier alpha value is -3.97. The van der Waals surface area contributed by atoms with Crippen LogP contribution >= 0.6 is 11.6 Å². The van der Waals surface area contributed by atoms with Crippen molar-refractivity contribution in [3.8, 4) is 0 Å². The number of aryl methyl sites for hydroxylation is 1. The number of carbonyl (C=O) groups is 4. The van der Waals surface area contributed by atoms with E-state index in [0.29, 0.717) is 17.1 Å². The Morgan fingerprint density at radius 2 is 1.68 bits per heavy atom. The zero-order valence-electron chi connectivity index (χ0n) is 18.3.